The van der Waals surface area contributed by atoms with Crippen LogP contribution in [0.25, 0.3) is 0 Å². The first-order valence-electron chi connectivity index (χ1n) is 17.2. The lowest BCUT2D eigenvalue weighted by molar-refractivity contribution is -0.133. The van der Waals surface area contributed by atoms with Gasteiger partial charge in [0.15, 0.2) is 5.78 Å². The lowest BCUT2D eigenvalue weighted by Gasteiger charge is -2.36. The van der Waals surface area contributed by atoms with Gasteiger partial charge >= 0.3 is 6.09 Å². The molecule has 0 aliphatic carbocycles. The van der Waals surface area contributed by atoms with Gasteiger partial charge in [-0.2, -0.15) is 0 Å². The molecule has 1 aliphatic heterocycles. The SMILES string of the molecule is COc1ccc(CC(NC(=O)[C@@H](C)NC(=O)OCc2ccccc2)C(=O)NC(Cc2ccc(O[Si](C)(C)C(C)(C)C)cc2)C(=O)[C@@]2(C)CO2)cc1. The molecule has 3 amide bonds. The molecule has 1 fully saturated rings. The van der Waals surface area contributed by atoms with Crippen molar-refractivity contribution in [2.45, 2.75) is 95.9 Å². The molecule has 4 atom stereocenters. The van der Waals surface area contributed by atoms with Crippen molar-refractivity contribution in [2.24, 2.45) is 0 Å². The van der Waals surface area contributed by atoms with Crippen molar-refractivity contribution in [3.63, 3.8) is 0 Å². The summed E-state index contributed by atoms with van der Waals surface area (Å²) < 4.78 is 22.4. The summed E-state index contributed by atoms with van der Waals surface area (Å²) in [5.41, 5.74) is 1.36. The Balaban J connectivity index is 1.48. The van der Waals surface area contributed by atoms with Crippen molar-refractivity contribution in [1.29, 1.82) is 0 Å². The summed E-state index contributed by atoms with van der Waals surface area (Å²) in [6.07, 6.45) is -0.458. The van der Waals surface area contributed by atoms with Gasteiger partial charge < -0.3 is 34.6 Å². The Morgan fingerprint density at radius 3 is 1.84 bits per heavy atom. The van der Waals surface area contributed by atoms with Crippen LogP contribution in [0.3, 0.4) is 0 Å². The third kappa shape index (κ3) is 11.2. The topological polar surface area (TPSA) is 145 Å². The Morgan fingerprint density at radius 1 is 0.784 bits per heavy atom. The summed E-state index contributed by atoms with van der Waals surface area (Å²) in [5, 5.41) is 8.23. The zero-order chi connectivity index (χ0) is 37.4. The van der Waals surface area contributed by atoms with Crippen LogP contribution in [0.2, 0.25) is 18.1 Å². The Labute approximate surface area is 301 Å². The van der Waals surface area contributed by atoms with Crippen LogP contribution in [0, 0.1) is 0 Å². The van der Waals surface area contributed by atoms with Crippen molar-refractivity contribution in [2.75, 3.05) is 13.7 Å². The molecule has 4 rings (SSSR count). The van der Waals surface area contributed by atoms with Crippen LogP contribution >= 0.6 is 0 Å². The predicted molar refractivity (Wildman–Crippen MR) is 197 cm³/mol. The molecule has 1 aliphatic rings. The molecule has 274 valence electrons. The minimum Gasteiger partial charge on any atom is -0.544 e. The zero-order valence-corrected chi connectivity index (χ0v) is 31.8. The van der Waals surface area contributed by atoms with Crippen molar-refractivity contribution >= 4 is 32.0 Å². The van der Waals surface area contributed by atoms with Gasteiger partial charge in [0.2, 0.25) is 20.1 Å². The maximum atomic E-state index is 14.0. The summed E-state index contributed by atoms with van der Waals surface area (Å²) in [6, 6.07) is 20.8. The molecule has 3 aromatic carbocycles. The second-order valence-electron chi connectivity index (χ2n) is 14.7. The van der Waals surface area contributed by atoms with Crippen molar-refractivity contribution < 1.29 is 37.8 Å². The maximum Gasteiger partial charge on any atom is 0.408 e. The highest BCUT2D eigenvalue weighted by Crippen LogP contribution is 2.37. The molecule has 0 bridgehead atoms. The van der Waals surface area contributed by atoms with Gasteiger partial charge in [-0.15, -0.1) is 0 Å². The second-order valence-corrected chi connectivity index (χ2v) is 19.4. The number of methoxy groups -OCH3 is 1. The lowest BCUT2D eigenvalue weighted by Crippen LogP contribution is -2.57. The Kier molecular flexibility index (Phi) is 12.7. The number of amides is 3. The molecule has 2 unspecified atom stereocenters. The van der Waals surface area contributed by atoms with Gasteiger partial charge in [0.1, 0.15) is 35.8 Å². The highest BCUT2D eigenvalue weighted by Gasteiger charge is 2.50. The minimum absolute atomic E-state index is 0.0322. The number of ketones is 1. The van der Waals surface area contributed by atoms with Gasteiger partial charge in [-0.3, -0.25) is 14.4 Å². The molecular weight excluding hydrogens is 667 g/mol. The predicted octanol–water partition coefficient (Wildman–Crippen LogP) is 5.51. The zero-order valence-electron chi connectivity index (χ0n) is 30.8. The van der Waals surface area contributed by atoms with Crippen LogP contribution in [0.15, 0.2) is 78.9 Å². The third-order valence-corrected chi connectivity index (χ3v) is 13.8. The third-order valence-electron chi connectivity index (χ3n) is 9.45. The van der Waals surface area contributed by atoms with E-state index in [0.29, 0.717) is 5.75 Å². The number of hydrogen-bond donors (Lipinski definition) is 3. The van der Waals surface area contributed by atoms with Gasteiger partial charge in [0.25, 0.3) is 0 Å². The summed E-state index contributed by atoms with van der Waals surface area (Å²) in [7, 11) is -0.494. The van der Waals surface area contributed by atoms with Crippen LogP contribution in [0.5, 0.6) is 11.5 Å². The van der Waals surface area contributed by atoms with Crippen LogP contribution in [0.1, 0.15) is 51.3 Å². The summed E-state index contributed by atoms with van der Waals surface area (Å²) in [5.74, 6) is -0.0249. The molecule has 1 heterocycles. The van der Waals surface area contributed by atoms with Gasteiger partial charge in [-0.1, -0.05) is 75.4 Å². The second kappa shape index (κ2) is 16.6. The summed E-state index contributed by atoms with van der Waals surface area (Å²) in [4.78, 5) is 53.5. The fourth-order valence-electron chi connectivity index (χ4n) is 4.99. The number of carbonyl (C=O) groups is 4. The number of carbonyl (C=O) groups excluding carboxylic acids is 4. The monoisotopic (exact) mass is 717 g/mol. The van der Waals surface area contributed by atoms with Gasteiger partial charge in [0.05, 0.1) is 19.8 Å². The van der Waals surface area contributed by atoms with E-state index in [1.54, 1.807) is 38.3 Å². The maximum absolute atomic E-state index is 14.0. The fraction of sp³-hybridized carbons (Fsp3) is 0.436. The average molecular weight is 718 g/mol. The number of epoxide rings is 1. The van der Waals surface area contributed by atoms with E-state index in [4.69, 9.17) is 18.6 Å². The van der Waals surface area contributed by atoms with Crippen LogP contribution in [-0.2, 0) is 43.3 Å². The van der Waals surface area contributed by atoms with E-state index >= 15 is 0 Å². The number of Topliss-reactive ketones (excluding diaryl/α,β-unsaturated/α-hetero) is 1. The molecule has 12 heteroatoms. The first-order chi connectivity index (χ1) is 24.0. The molecule has 0 saturated carbocycles. The minimum atomic E-state index is -2.05. The van der Waals surface area contributed by atoms with Gasteiger partial charge in [0, 0.05) is 6.42 Å². The number of nitrogens with one attached hydrogen (secondary N) is 3. The Hall–Kier alpha value is -4.68. The highest BCUT2D eigenvalue weighted by atomic mass is 28.4. The number of rotatable bonds is 16. The largest absolute Gasteiger partial charge is 0.544 e. The smallest absolute Gasteiger partial charge is 0.408 e. The average Bonchev–Trinajstić information content (AvgIpc) is 3.85. The van der Waals surface area contributed by atoms with E-state index in [-0.39, 0.29) is 36.9 Å². The molecule has 3 aromatic rings. The van der Waals surface area contributed by atoms with E-state index in [9.17, 15) is 19.2 Å². The molecule has 3 N–H and O–H groups in total. The first kappa shape index (κ1) is 39.1. The molecule has 1 saturated heterocycles. The van der Waals surface area contributed by atoms with Crippen molar-refractivity contribution in [3.05, 3.63) is 95.6 Å². The van der Waals surface area contributed by atoms with Crippen molar-refractivity contribution in [1.82, 2.24) is 16.0 Å². The summed E-state index contributed by atoms with van der Waals surface area (Å²) >= 11 is 0. The van der Waals surface area contributed by atoms with Crippen molar-refractivity contribution in [3.8, 4) is 11.5 Å². The number of hydrogen-bond acceptors (Lipinski definition) is 8. The fourth-order valence-corrected chi connectivity index (χ4v) is 6.02. The lowest BCUT2D eigenvalue weighted by atomic mass is 9.94. The van der Waals surface area contributed by atoms with Crippen LogP contribution in [-0.4, -0.2) is 69.5 Å². The number of ether oxygens (including phenoxy) is 3. The number of benzene rings is 3. The van der Waals surface area contributed by atoms with E-state index in [2.05, 4.69) is 49.8 Å². The van der Waals surface area contributed by atoms with E-state index < -0.39 is 50.0 Å². The van der Waals surface area contributed by atoms with E-state index in [0.717, 1.165) is 22.4 Å². The highest BCUT2D eigenvalue weighted by molar-refractivity contribution is 6.74. The molecular formula is C39H51N3O8Si. The number of alkyl carbamates (subject to hydrolysis) is 1. The van der Waals surface area contributed by atoms with Crippen LogP contribution in [0.4, 0.5) is 4.79 Å². The van der Waals surface area contributed by atoms with E-state index in [1.165, 1.54) is 6.92 Å². The standard InChI is InChI=1S/C39H51N3O8Si/c1-26(40-37(46)48-24-29-12-10-9-11-13-29)35(44)42-33(23-28-14-18-30(47-6)19-15-28)36(45)41-32(34(43)39(5)25-49-39)22-27-16-20-31(21-17-27)50-51(7,8)38(2,3)4/h9-21,26,32-33H,22-25H2,1-8H3,(H,40,46)(H,41,45)(H,42,44)/t26-,32?,33?,39-/m1/s1. The summed E-state index contributed by atoms with van der Waals surface area (Å²) in [6.45, 7) is 14.4. The van der Waals surface area contributed by atoms with Gasteiger partial charge in [-0.25, -0.2) is 4.79 Å². The molecule has 51 heavy (non-hydrogen) atoms. The Bertz CT molecular complexity index is 1650. The van der Waals surface area contributed by atoms with Crippen LogP contribution < -0.4 is 25.1 Å². The van der Waals surface area contributed by atoms with E-state index in [1.807, 2.05) is 54.6 Å². The molecule has 11 nitrogen and oxygen atoms in total. The van der Waals surface area contributed by atoms with Gasteiger partial charge in [-0.05, 0) is 79.4 Å². The first-order valence-corrected chi connectivity index (χ1v) is 20.1. The quantitative estimate of drug-likeness (QED) is 0.130. The molecule has 0 spiro atoms. The molecule has 0 aromatic heterocycles. The molecule has 0 radical (unpaired) electrons. The normalized spacial score (nSPS) is 17.3. The Morgan fingerprint density at radius 2 is 1.31 bits per heavy atom.